The molecule has 0 radical (unpaired) electrons. The monoisotopic (exact) mass is 243 g/mol. The third kappa shape index (κ3) is 3.50. The second-order valence-corrected chi connectivity index (χ2v) is 4.31. The summed E-state index contributed by atoms with van der Waals surface area (Å²) in [4.78, 5) is 11.3. The van der Waals surface area contributed by atoms with Gasteiger partial charge in [0.05, 0.1) is 0 Å². The van der Waals surface area contributed by atoms with E-state index in [0.29, 0.717) is 5.56 Å². The van der Waals surface area contributed by atoms with Crippen molar-refractivity contribution in [3.63, 3.8) is 0 Å². The van der Waals surface area contributed by atoms with Gasteiger partial charge >= 0.3 is 5.97 Å². The fourth-order valence-corrected chi connectivity index (χ4v) is 1.82. The summed E-state index contributed by atoms with van der Waals surface area (Å²) in [6.45, 7) is 0. The zero-order valence-electron chi connectivity index (χ0n) is 8.94. The van der Waals surface area contributed by atoms with Gasteiger partial charge in [-0.1, -0.05) is 0 Å². The first-order valence-electron chi connectivity index (χ1n) is 4.85. The number of hydrogen-bond acceptors (Lipinski definition) is 3. The Morgan fingerprint density at radius 2 is 2.31 bits per heavy atom. The first-order chi connectivity index (χ1) is 7.54. The Hall–Kier alpha value is -1.07. The Kier molecular flexibility index (Phi) is 4.76. The summed E-state index contributed by atoms with van der Waals surface area (Å²) in [7, 11) is 0. The molecule has 88 valence electrons. The van der Waals surface area contributed by atoms with E-state index in [0.717, 1.165) is 4.90 Å². The van der Waals surface area contributed by atoms with E-state index in [2.05, 4.69) is 0 Å². The van der Waals surface area contributed by atoms with Crippen molar-refractivity contribution in [1.29, 1.82) is 0 Å². The number of aliphatic carboxylic acids is 1. The van der Waals surface area contributed by atoms with Crippen molar-refractivity contribution in [3.8, 4) is 0 Å². The highest BCUT2D eigenvalue weighted by atomic mass is 32.2. The van der Waals surface area contributed by atoms with Crippen molar-refractivity contribution in [2.45, 2.75) is 23.8 Å². The molecule has 1 atom stereocenters. The maximum atomic E-state index is 13.4. The smallest absolute Gasteiger partial charge is 0.303 e. The summed E-state index contributed by atoms with van der Waals surface area (Å²) in [6.07, 6.45) is 2.08. The van der Waals surface area contributed by atoms with Crippen LogP contribution >= 0.6 is 11.8 Å². The fraction of sp³-hybridized carbons (Fsp3) is 0.364. The van der Waals surface area contributed by atoms with Crippen LogP contribution in [0.3, 0.4) is 0 Å². The zero-order valence-corrected chi connectivity index (χ0v) is 9.76. The zero-order chi connectivity index (χ0) is 12.1. The average molecular weight is 243 g/mol. The molecule has 0 spiro atoms. The number of carboxylic acids is 1. The van der Waals surface area contributed by atoms with Gasteiger partial charge in [0.2, 0.25) is 0 Å². The number of hydrogen-bond donors (Lipinski definition) is 2. The quantitative estimate of drug-likeness (QED) is 0.779. The number of rotatable bonds is 5. The summed E-state index contributed by atoms with van der Waals surface area (Å²) in [5.74, 6) is -1.30. The molecule has 0 saturated heterocycles. The minimum Gasteiger partial charge on any atom is -0.481 e. The second kappa shape index (κ2) is 5.86. The normalized spacial score (nSPS) is 12.4. The molecule has 0 saturated carbocycles. The van der Waals surface area contributed by atoms with Crippen LogP contribution in [0.4, 0.5) is 4.39 Å². The van der Waals surface area contributed by atoms with Crippen molar-refractivity contribution < 1.29 is 14.3 Å². The van der Waals surface area contributed by atoms with Crippen LogP contribution < -0.4 is 5.73 Å². The molecule has 1 rings (SSSR count). The van der Waals surface area contributed by atoms with Gasteiger partial charge in [-0.25, -0.2) is 4.39 Å². The molecule has 3 N–H and O–H groups in total. The first kappa shape index (κ1) is 13.0. The summed E-state index contributed by atoms with van der Waals surface area (Å²) >= 11 is 1.49. The van der Waals surface area contributed by atoms with Gasteiger partial charge in [0.25, 0.3) is 0 Å². The van der Waals surface area contributed by atoms with E-state index in [1.54, 1.807) is 12.1 Å². The Bertz CT molecular complexity index is 384. The molecule has 1 aromatic carbocycles. The van der Waals surface area contributed by atoms with E-state index < -0.39 is 12.0 Å². The van der Waals surface area contributed by atoms with E-state index in [-0.39, 0.29) is 18.7 Å². The molecule has 5 heteroatoms. The Labute approximate surface area is 97.8 Å². The van der Waals surface area contributed by atoms with E-state index in [1.807, 2.05) is 6.26 Å². The molecule has 0 fully saturated rings. The number of benzene rings is 1. The van der Waals surface area contributed by atoms with Crippen molar-refractivity contribution in [2.24, 2.45) is 5.73 Å². The molecule has 16 heavy (non-hydrogen) atoms. The largest absolute Gasteiger partial charge is 0.481 e. The lowest BCUT2D eigenvalue weighted by atomic mass is 10.0. The average Bonchev–Trinajstić information content (AvgIpc) is 2.26. The number of thioether (sulfide) groups is 1. The van der Waals surface area contributed by atoms with Crippen LogP contribution in [-0.4, -0.2) is 17.3 Å². The van der Waals surface area contributed by atoms with Crippen LogP contribution in [0.2, 0.25) is 0 Å². The second-order valence-electron chi connectivity index (χ2n) is 3.43. The summed E-state index contributed by atoms with van der Waals surface area (Å²) in [5, 5.41) is 8.53. The van der Waals surface area contributed by atoms with Gasteiger partial charge in [0.1, 0.15) is 5.82 Å². The third-order valence-electron chi connectivity index (χ3n) is 2.27. The lowest BCUT2D eigenvalue weighted by Crippen LogP contribution is -2.14. The van der Waals surface area contributed by atoms with Gasteiger partial charge in [-0.2, -0.15) is 0 Å². The number of nitrogens with two attached hydrogens (primary N) is 1. The molecule has 1 unspecified atom stereocenters. The number of halogens is 1. The standard InChI is InChI=1S/C11H14FNO2S/c1-16-7-2-3-9(12)8(6-7)10(13)4-5-11(14)15/h2-3,6,10H,4-5,13H2,1H3,(H,14,15). The third-order valence-corrected chi connectivity index (χ3v) is 3.00. The van der Waals surface area contributed by atoms with E-state index in [1.165, 1.54) is 17.8 Å². The Morgan fingerprint density at radius 3 is 2.88 bits per heavy atom. The van der Waals surface area contributed by atoms with Gasteiger partial charge in [0, 0.05) is 22.9 Å². The highest BCUT2D eigenvalue weighted by molar-refractivity contribution is 7.98. The van der Waals surface area contributed by atoms with Gasteiger partial charge in [0.15, 0.2) is 0 Å². The molecule has 1 aromatic rings. The van der Waals surface area contributed by atoms with Gasteiger partial charge in [-0.05, 0) is 30.9 Å². The molecule has 0 amide bonds. The maximum Gasteiger partial charge on any atom is 0.303 e. The maximum absolute atomic E-state index is 13.4. The number of carbonyl (C=O) groups is 1. The Balaban J connectivity index is 2.80. The minimum absolute atomic E-state index is 0.0515. The van der Waals surface area contributed by atoms with E-state index >= 15 is 0 Å². The van der Waals surface area contributed by atoms with Crippen LogP contribution in [0.15, 0.2) is 23.1 Å². The summed E-state index contributed by atoms with van der Waals surface area (Å²) in [5.41, 5.74) is 6.14. The predicted octanol–water partition coefficient (Wildman–Crippen LogP) is 2.41. The molecular weight excluding hydrogens is 229 g/mol. The van der Waals surface area contributed by atoms with E-state index in [9.17, 15) is 9.18 Å². The summed E-state index contributed by atoms with van der Waals surface area (Å²) in [6, 6.07) is 4.14. The van der Waals surface area contributed by atoms with Crippen LogP contribution in [0.1, 0.15) is 24.4 Å². The van der Waals surface area contributed by atoms with E-state index in [4.69, 9.17) is 10.8 Å². The lowest BCUT2D eigenvalue weighted by Gasteiger charge is -2.12. The highest BCUT2D eigenvalue weighted by Gasteiger charge is 2.13. The van der Waals surface area contributed by atoms with Gasteiger partial charge in [-0.3, -0.25) is 4.79 Å². The molecule has 0 aromatic heterocycles. The molecule has 0 bridgehead atoms. The van der Waals surface area contributed by atoms with Crippen molar-refractivity contribution in [3.05, 3.63) is 29.6 Å². The van der Waals surface area contributed by atoms with Crippen LogP contribution in [-0.2, 0) is 4.79 Å². The molecule has 3 nitrogen and oxygen atoms in total. The van der Waals surface area contributed by atoms with Crippen LogP contribution in [0.25, 0.3) is 0 Å². The van der Waals surface area contributed by atoms with Crippen LogP contribution in [0, 0.1) is 5.82 Å². The predicted molar refractivity (Wildman–Crippen MR) is 62.0 cm³/mol. The summed E-state index contributed by atoms with van der Waals surface area (Å²) < 4.78 is 13.4. The van der Waals surface area contributed by atoms with Gasteiger partial charge in [-0.15, -0.1) is 11.8 Å². The van der Waals surface area contributed by atoms with Crippen molar-refractivity contribution in [1.82, 2.24) is 0 Å². The van der Waals surface area contributed by atoms with Crippen LogP contribution in [0.5, 0.6) is 0 Å². The molecule has 0 heterocycles. The SMILES string of the molecule is CSc1ccc(F)c(C(N)CCC(=O)O)c1. The molecule has 0 aliphatic carbocycles. The fourth-order valence-electron chi connectivity index (χ4n) is 1.37. The molecule has 0 aliphatic rings. The molecular formula is C11H14FNO2S. The first-order valence-corrected chi connectivity index (χ1v) is 6.08. The molecule has 0 aliphatic heterocycles. The highest BCUT2D eigenvalue weighted by Crippen LogP contribution is 2.24. The minimum atomic E-state index is -0.920. The van der Waals surface area contributed by atoms with Crippen molar-refractivity contribution >= 4 is 17.7 Å². The van der Waals surface area contributed by atoms with Crippen molar-refractivity contribution in [2.75, 3.05) is 6.26 Å². The Morgan fingerprint density at radius 1 is 1.62 bits per heavy atom. The van der Waals surface area contributed by atoms with Gasteiger partial charge < -0.3 is 10.8 Å². The number of carboxylic acid groups (broad SMARTS) is 1. The lowest BCUT2D eigenvalue weighted by molar-refractivity contribution is -0.137. The topological polar surface area (TPSA) is 63.3 Å².